The number of nitrogens with one attached hydrogen (secondary N) is 1. The number of hydrogen-bond acceptors (Lipinski definition) is 4. The number of fused-ring (bicyclic) bond motifs is 4. The molecule has 5 rings (SSSR count). The van der Waals surface area contributed by atoms with Crippen LogP contribution in [0.1, 0.15) is 23.1 Å². The number of anilines is 1. The fourth-order valence-electron chi connectivity index (χ4n) is 5.55. The molecule has 0 radical (unpaired) electrons. The van der Waals surface area contributed by atoms with Crippen LogP contribution in [0.15, 0.2) is 42.5 Å². The Kier molecular flexibility index (Phi) is 4.61. The van der Waals surface area contributed by atoms with Gasteiger partial charge in [-0.3, -0.25) is 24.1 Å². The number of carbonyl (C=O) groups is 4. The molecule has 4 atom stereocenters. The standard InChI is InChI=1S/C23H21ClN4O4/c1-11-14(24)8-7-13-19(11)26-22(32)23(13)18-17(15(27-23)9-16(25)29)20(30)28(21(18)31)10-12-5-3-2-4-6-12/h2-8,15,17-18,27H,9-10H2,1H3,(H2,25,29)(H,26,32)/p+1/t15-,17-,18+,23+/m1/s1. The lowest BCUT2D eigenvalue weighted by Crippen LogP contribution is -2.99. The second kappa shape index (κ2) is 7.15. The fourth-order valence-corrected chi connectivity index (χ4v) is 5.71. The van der Waals surface area contributed by atoms with Crippen LogP contribution in [0.5, 0.6) is 0 Å². The number of imide groups is 1. The molecular weight excluding hydrogens is 432 g/mol. The third-order valence-electron chi connectivity index (χ3n) is 6.95. The second-order valence-corrected chi connectivity index (χ2v) is 9.08. The minimum absolute atomic E-state index is 0.110. The van der Waals surface area contributed by atoms with E-state index < -0.39 is 35.2 Å². The van der Waals surface area contributed by atoms with Gasteiger partial charge in [-0.1, -0.05) is 41.9 Å². The smallest absolute Gasteiger partial charge is 0.291 e. The van der Waals surface area contributed by atoms with Gasteiger partial charge in [0.15, 0.2) is 0 Å². The van der Waals surface area contributed by atoms with E-state index in [0.717, 1.165) is 5.56 Å². The van der Waals surface area contributed by atoms with Crippen LogP contribution in [0, 0.1) is 18.8 Å². The molecule has 3 aliphatic heterocycles. The van der Waals surface area contributed by atoms with Gasteiger partial charge in [0.25, 0.3) is 5.91 Å². The zero-order valence-electron chi connectivity index (χ0n) is 17.3. The number of rotatable bonds is 4. The summed E-state index contributed by atoms with van der Waals surface area (Å²) in [5, 5.41) is 5.05. The summed E-state index contributed by atoms with van der Waals surface area (Å²) in [6, 6.07) is 12.0. The Balaban J connectivity index is 1.63. The zero-order chi connectivity index (χ0) is 22.8. The molecule has 2 fully saturated rings. The first-order valence-corrected chi connectivity index (χ1v) is 10.8. The van der Waals surface area contributed by atoms with Crippen LogP contribution < -0.4 is 16.4 Å². The molecule has 9 heteroatoms. The third-order valence-corrected chi connectivity index (χ3v) is 7.36. The Morgan fingerprint density at radius 3 is 2.56 bits per heavy atom. The molecule has 0 unspecified atom stereocenters. The van der Waals surface area contributed by atoms with E-state index in [2.05, 4.69) is 5.32 Å². The van der Waals surface area contributed by atoms with Gasteiger partial charge >= 0.3 is 0 Å². The lowest BCUT2D eigenvalue weighted by Gasteiger charge is -2.26. The average molecular weight is 454 g/mol. The number of quaternary nitrogens is 1. The summed E-state index contributed by atoms with van der Waals surface area (Å²) in [6.07, 6.45) is -0.115. The summed E-state index contributed by atoms with van der Waals surface area (Å²) in [5.41, 5.74) is 6.77. The van der Waals surface area contributed by atoms with Crippen molar-refractivity contribution in [2.24, 2.45) is 17.6 Å². The molecule has 8 nitrogen and oxygen atoms in total. The molecule has 164 valence electrons. The van der Waals surface area contributed by atoms with E-state index in [1.54, 1.807) is 24.4 Å². The highest BCUT2D eigenvalue weighted by Gasteiger charge is 2.74. The maximum atomic E-state index is 13.7. The Labute approximate surface area is 189 Å². The molecular formula is C23H22ClN4O4+. The summed E-state index contributed by atoms with van der Waals surface area (Å²) in [6.45, 7) is 1.90. The molecule has 0 aliphatic carbocycles. The normalized spacial score (nSPS) is 28.2. The van der Waals surface area contributed by atoms with Gasteiger partial charge in [0.05, 0.1) is 18.7 Å². The van der Waals surface area contributed by atoms with Gasteiger partial charge in [-0.15, -0.1) is 0 Å². The third kappa shape index (κ3) is 2.73. The number of primary amides is 1. The Morgan fingerprint density at radius 2 is 1.88 bits per heavy atom. The van der Waals surface area contributed by atoms with Gasteiger partial charge in [-0.05, 0) is 30.2 Å². The molecule has 3 aliphatic rings. The average Bonchev–Trinajstić information content (AvgIpc) is 3.32. The maximum absolute atomic E-state index is 13.7. The maximum Gasteiger partial charge on any atom is 0.291 e. The van der Waals surface area contributed by atoms with Crippen molar-refractivity contribution in [3.8, 4) is 0 Å². The van der Waals surface area contributed by atoms with Gasteiger partial charge in [-0.2, -0.15) is 0 Å². The van der Waals surface area contributed by atoms with Crippen molar-refractivity contribution in [2.75, 3.05) is 5.32 Å². The van der Waals surface area contributed by atoms with E-state index >= 15 is 0 Å². The van der Waals surface area contributed by atoms with E-state index in [0.29, 0.717) is 21.8 Å². The lowest BCUT2D eigenvalue weighted by molar-refractivity contribution is -0.732. The molecule has 0 saturated carbocycles. The molecule has 1 spiro atoms. The topological polar surface area (TPSA) is 126 Å². The predicted octanol–water partition coefficient (Wildman–Crippen LogP) is 0.418. The monoisotopic (exact) mass is 453 g/mol. The Morgan fingerprint density at radius 1 is 1.16 bits per heavy atom. The summed E-state index contributed by atoms with van der Waals surface area (Å²) < 4.78 is 0. The predicted molar refractivity (Wildman–Crippen MR) is 115 cm³/mol. The molecule has 5 N–H and O–H groups in total. The van der Waals surface area contributed by atoms with Crippen LogP contribution >= 0.6 is 11.6 Å². The first-order valence-electron chi connectivity index (χ1n) is 10.4. The van der Waals surface area contributed by atoms with E-state index in [-0.39, 0.29) is 24.8 Å². The molecule has 2 aromatic rings. The van der Waals surface area contributed by atoms with Crippen molar-refractivity contribution in [1.29, 1.82) is 0 Å². The molecule has 3 heterocycles. The SMILES string of the molecule is Cc1c(Cl)ccc2c1NC(=O)[C@]21[NH2+][C@H](CC(N)=O)[C@H]2C(=O)N(Cc3ccccc3)C(=O)[C@H]21. The summed E-state index contributed by atoms with van der Waals surface area (Å²) in [4.78, 5) is 53.6. The minimum Gasteiger partial charge on any atom is -0.369 e. The Bertz CT molecular complexity index is 1180. The van der Waals surface area contributed by atoms with Gasteiger partial charge < -0.3 is 16.4 Å². The highest BCUT2D eigenvalue weighted by atomic mass is 35.5. The van der Waals surface area contributed by atoms with E-state index in [1.807, 2.05) is 30.3 Å². The van der Waals surface area contributed by atoms with Gasteiger partial charge in [0, 0.05) is 10.6 Å². The summed E-state index contributed by atoms with van der Waals surface area (Å²) >= 11 is 6.26. The number of likely N-dealkylation sites (tertiary alicyclic amines) is 1. The van der Waals surface area contributed by atoms with Gasteiger partial charge in [0.2, 0.25) is 23.3 Å². The van der Waals surface area contributed by atoms with E-state index in [9.17, 15) is 19.2 Å². The molecule has 2 saturated heterocycles. The number of benzene rings is 2. The van der Waals surface area contributed by atoms with Crippen molar-refractivity contribution < 1.29 is 24.5 Å². The first kappa shape index (κ1) is 20.7. The summed E-state index contributed by atoms with van der Waals surface area (Å²) in [5.74, 6) is -3.54. The molecule has 0 aromatic heterocycles. The van der Waals surface area contributed by atoms with Crippen LogP contribution in [0.3, 0.4) is 0 Å². The number of halogens is 1. The van der Waals surface area contributed by atoms with Crippen molar-refractivity contribution in [3.63, 3.8) is 0 Å². The van der Waals surface area contributed by atoms with Gasteiger partial charge in [-0.25, -0.2) is 0 Å². The number of carbonyl (C=O) groups excluding carboxylic acids is 4. The largest absolute Gasteiger partial charge is 0.369 e. The van der Waals surface area contributed by atoms with E-state index in [4.69, 9.17) is 17.3 Å². The zero-order valence-corrected chi connectivity index (χ0v) is 18.1. The van der Waals surface area contributed by atoms with Crippen molar-refractivity contribution in [3.05, 3.63) is 64.2 Å². The lowest BCUT2D eigenvalue weighted by atomic mass is 9.76. The van der Waals surface area contributed by atoms with Crippen LogP contribution in [-0.4, -0.2) is 34.6 Å². The highest BCUT2D eigenvalue weighted by Crippen LogP contribution is 2.51. The number of amides is 4. The second-order valence-electron chi connectivity index (χ2n) is 8.67. The first-order chi connectivity index (χ1) is 15.3. The molecule has 32 heavy (non-hydrogen) atoms. The van der Waals surface area contributed by atoms with Crippen LogP contribution in [0.4, 0.5) is 5.69 Å². The number of nitrogens with two attached hydrogens (primary N) is 2. The van der Waals surface area contributed by atoms with Crippen LogP contribution in [0.25, 0.3) is 0 Å². The summed E-state index contributed by atoms with van der Waals surface area (Å²) in [7, 11) is 0. The molecule has 0 bridgehead atoms. The van der Waals surface area contributed by atoms with Gasteiger partial charge in [0.1, 0.15) is 17.9 Å². The van der Waals surface area contributed by atoms with E-state index in [1.165, 1.54) is 4.90 Å². The molecule has 4 amide bonds. The van der Waals surface area contributed by atoms with Crippen molar-refractivity contribution >= 4 is 40.9 Å². The molecule has 2 aromatic carbocycles. The highest BCUT2D eigenvalue weighted by molar-refractivity contribution is 6.32. The Hall–Kier alpha value is -3.23. The number of nitrogens with zero attached hydrogens (tertiary/aromatic N) is 1. The van der Waals surface area contributed by atoms with Crippen molar-refractivity contribution in [2.45, 2.75) is 31.5 Å². The van der Waals surface area contributed by atoms with Crippen LogP contribution in [0.2, 0.25) is 5.02 Å². The number of hydrogen-bond donors (Lipinski definition) is 3. The van der Waals surface area contributed by atoms with Crippen LogP contribution in [-0.2, 0) is 31.3 Å². The fraction of sp³-hybridized carbons (Fsp3) is 0.304. The quantitative estimate of drug-likeness (QED) is 0.580. The minimum atomic E-state index is -1.35. The van der Waals surface area contributed by atoms with Crippen molar-refractivity contribution in [1.82, 2.24) is 4.90 Å².